The van der Waals surface area contributed by atoms with Gasteiger partial charge >= 0.3 is 0 Å². The van der Waals surface area contributed by atoms with Crippen molar-refractivity contribution in [2.75, 3.05) is 40.4 Å². The fourth-order valence-electron chi connectivity index (χ4n) is 1.33. The maximum absolute atomic E-state index is 5.03. The van der Waals surface area contributed by atoms with Crippen LogP contribution in [0.4, 0.5) is 0 Å². The van der Waals surface area contributed by atoms with E-state index in [2.05, 4.69) is 0 Å². The van der Waals surface area contributed by atoms with Crippen LogP contribution in [-0.2, 0) is 9.47 Å². The van der Waals surface area contributed by atoms with Crippen LogP contribution in [0.15, 0.2) is 0 Å². The Labute approximate surface area is 94.8 Å². The molecule has 0 aromatic heterocycles. The number of hydrogen-bond donors (Lipinski definition) is 0. The third kappa shape index (κ3) is 2.68. The molecule has 1 fully saturated rings. The quantitative estimate of drug-likeness (QED) is 0.565. The molecule has 1 aliphatic rings. The van der Waals surface area contributed by atoms with Gasteiger partial charge in [-0.1, -0.05) is 0 Å². The molecule has 0 atom stereocenters. The molecule has 4 nitrogen and oxygen atoms in total. The van der Waals surface area contributed by atoms with E-state index in [0.717, 1.165) is 26.2 Å². The Morgan fingerprint density at radius 1 is 0.857 bits per heavy atom. The second-order valence-corrected chi connectivity index (χ2v) is 3.61. The van der Waals surface area contributed by atoms with Gasteiger partial charge in [0.2, 0.25) is 0 Å². The van der Waals surface area contributed by atoms with Crippen molar-refractivity contribution in [2.24, 2.45) is 0 Å². The second kappa shape index (κ2) is 5.31. The normalized spacial score (nSPS) is 16.4. The lowest BCUT2D eigenvalue weighted by Gasteiger charge is -2.35. The van der Waals surface area contributed by atoms with E-state index in [1.54, 1.807) is 14.2 Å². The highest BCUT2D eigenvalue weighted by atomic mass is 32.1. The summed E-state index contributed by atoms with van der Waals surface area (Å²) in [6.45, 7) is 3.32. The minimum Gasteiger partial charge on any atom is -0.474 e. The van der Waals surface area contributed by atoms with Gasteiger partial charge in [-0.2, -0.15) is 0 Å². The highest BCUT2D eigenvalue weighted by Crippen LogP contribution is 2.04. The summed E-state index contributed by atoms with van der Waals surface area (Å²) in [5.41, 5.74) is 0. The Hall–Kier alpha value is -0.620. The van der Waals surface area contributed by atoms with Gasteiger partial charge in [0.1, 0.15) is 0 Å². The summed E-state index contributed by atoms with van der Waals surface area (Å²) in [5.74, 6) is 0. The maximum atomic E-state index is 5.03. The van der Waals surface area contributed by atoms with Gasteiger partial charge in [-0.05, 0) is 24.4 Å². The molecule has 6 heteroatoms. The van der Waals surface area contributed by atoms with Gasteiger partial charge in [0.05, 0.1) is 14.2 Å². The predicted molar refractivity (Wildman–Crippen MR) is 62.4 cm³/mol. The molecule has 1 heterocycles. The molecule has 0 bridgehead atoms. The first-order valence-corrected chi connectivity index (χ1v) is 5.16. The van der Waals surface area contributed by atoms with Crippen molar-refractivity contribution in [3.05, 3.63) is 0 Å². The molecule has 0 saturated carbocycles. The first-order chi connectivity index (χ1) is 6.69. The standard InChI is InChI=1S/C8H14N2O2S2/c1-11-7(13)9-3-5-10(6-4-9)8(14)12-2/h3-6H2,1-2H3. The van der Waals surface area contributed by atoms with E-state index >= 15 is 0 Å². The van der Waals surface area contributed by atoms with Gasteiger partial charge in [0.15, 0.2) is 0 Å². The molecule has 1 aliphatic heterocycles. The molecule has 0 N–H and O–H groups in total. The summed E-state index contributed by atoms with van der Waals surface area (Å²) in [6.07, 6.45) is 0. The lowest BCUT2D eigenvalue weighted by molar-refractivity contribution is 0.194. The summed E-state index contributed by atoms with van der Waals surface area (Å²) in [6, 6.07) is 0. The minimum absolute atomic E-state index is 0.549. The minimum atomic E-state index is 0.549. The SMILES string of the molecule is COC(=S)N1CCN(C(=S)OC)CC1. The largest absolute Gasteiger partial charge is 0.474 e. The van der Waals surface area contributed by atoms with Gasteiger partial charge < -0.3 is 19.3 Å². The molecule has 80 valence electrons. The lowest BCUT2D eigenvalue weighted by atomic mass is 10.3. The Kier molecular flexibility index (Phi) is 4.34. The fourth-order valence-corrected chi connectivity index (χ4v) is 1.69. The Morgan fingerprint density at radius 2 is 1.14 bits per heavy atom. The van der Waals surface area contributed by atoms with Crippen molar-refractivity contribution >= 4 is 34.8 Å². The number of thiocarbonyl (C=S) groups is 2. The van der Waals surface area contributed by atoms with Crippen molar-refractivity contribution < 1.29 is 9.47 Å². The molecule has 0 amide bonds. The molecule has 0 aliphatic carbocycles. The fraction of sp³-hybridized carbons (Fsp3) is 0.750. The van der Waals surface area contributed by atoms with Crippen LogP contribution in [-0.4, -0.2) is 60.5 Å². The molecule has 0 spiro atoms. The zero-order valence-corrected chi connectivity index (χ0v) is 9.99. The van der Waals surface area contributed by atoms with Gasteiger partial charge in [-0.25, -0.2) is 0 Å². The summed E-state index contributed by atoms with van der Waals surface area (Å²) >= 11 is 10.1. The van der Waals surface area contributed by atoms with E-state index in [9.17, 15) is 0 Å². The molecule has 1 rings (SSSR count). The van der Waals surface area contributed by atoms with E-state index in [0.29, 0.717) is 10.3 Å². The van der Waals surface area contributed by atoms with Crippen LogP contribution < -0.4 is 0 Å². The van der Waals surface area contributed by atoms with Crippen molar-refractivity contribution in [3.8, 4) is 0 Å². The van der Waals surface area contributed by atoms with E-state index in [1.807, 2.05) is 9.80 Å². The van der Waals surface area contributed by atoms with Crippen LogP contribution >= 0.6 is 24.4 Å². The predicted octanol–water partition coefficient (Wildman–Crippen LogP) is 0.467. The average molecular weight is 234 g/mol. The summed E-state index contributed by atoms with van der Waals surface area (Å²) in [7, 11) is 3.18. The number of methoxy groups -OCH3 is 2. The first-order valence-electron chi connectivity index (χ1n) is 4.35. The third-order valence-corrected chi connectivity index (χ3v) is 3.00. The summed E-state index contributed by atoms with van der Waals surface area (Å²) in [5, 5.41) is 1.10. The van der Waals surface area contributed by atoms with Gasteiger partial charge in [0, 0.05) is 26.2 Å². The summed E-state index contributed by atoms with van der Waals surface area (Å²) in [4.78, 5) is 4.04. The van der Waals surface area contributed by atoms with Crippen LogP contribution in [0.2, 0.25) is 0 Å². The van der Waals surface area contributed by atoms with Crippen molar-refractivity contribution in [3.63, 3.8) is 0 Å². The molecular weight excluding hydrogens is 220 g/mol. The highest BCUT2D eigenvalue weighted by molar-refractivity contribution is 7.80. The number of ether oxygens (including phenoxy) is 2. The zero-order valence-electron chi connectivity index (χ0n) is 8.36. The van der Waals surface area contributed by atoms with E-state index in [1.165, 1.54) is 0 Å². The van der Waals surface area contributed by atoms with Crippen LogP contribution in [0.1, 0.15) is 0 Å². The lowest BCUT2D eigenvalue weighted by Crippen LogP contribution is -2.50. The molecule has 14 heavy (non-hydrogen) atoms. The van der Waals surface area contributed by atoms with Crippen molar-refractivity contribution in [1.82, 2.24) is 9.80 Å². The highest BCUT2D eigenvalue weighted by Gasteiger charge is 2.20. The van der Waals surface area contributed by atoms with E-state index in [4.69, 9.17) is 33.9 Å². The second-order valence-electron chi connectivity index (χ2n) is 2.91. The Balaban J connectivity index is 2.38. The van der Waals surface area contributed by atoms with Gasteiger partial charge in [0.25, 0.3) is 10.3 Å². The van der Waals surface area contributed by atoms with Crippen molar-refractivity contribution in [1.29, 1.82) is 0 Å². The molecule has 0 aromatic carbocycles. The molecule has 0 unspecified atom stereocenters. The smallest absolute Gasteiger partial charge is 0.259 e. The first kappa shape index (κ1) is 11.5. The number of rotatable bonds is 0. The number of hydrogen-bond acceptors (Lipinski definition) is 4. The Morgan fingerprint density at radius 3 is 1.36 bits per heavy atom. The Bertz CT molecular complexity index is 203. The zero-order chi connectivity index (χ0) is 10.6. The van der Waals surface area contributed by atoms with Crippen LogP contribution in [0.3, 0.4) is 0 Å². The number of nitrogens with zero attached hydrogens (tertiary/aromatic N) is 2. The van der Waals surface area contributed by atoms with E-state index in [-0.39, 0.29) is 0 Å². The van der Waals surface area contributed by atoms with Crippen LogP contribution in [0.25, 0.3) is 0 Å². The molecular formula is C8H14N2O2S2. The van der Waals surface area contributed by atoms with Crippen LogP contribution in [0, 0.1) is 0 Å². The summed E-state index contributed by atoms with van der Waals surface area (Å²) < 4.78 is 9.97. The monoisotopic (exact) mass is 234 g/mol. The van der Waals surface area contributed by atoms with Gasteiger partial charge in [-0.15, -0.1) is 0 Å². The average Bonchev–Trinajstić information content (AvgIpc) is 2.27. The van der Waals surface area contributed by atoms with Crippen molar-refractivity contribution in [2.45, 2.75) is 0 Å². The topological polar surface area (TPSA) is 24.9 Å². The van der Waals surface area contributed by atoms with E-state index < -0.39 is 0 Å². The maximum Gasteiger partial charge on any atom is 0.259 e. The number of piperazine rings is 1. The third-order valence-electron chi connectivity index (χ3n) is 2.15. The van der Waals surface area contributed by atoms with Gasteiger partial charge in [-0.3, -0.25) is 0 Å². The van der Waals surface area contributed by atoms with Crippen LogP contribution in [0.5, 0.6) is 0 Å². The molecule has 0 radical (unpaired) electrons. The molecule has 1 saturated heterocycles. The molecule has 0 aromatic rings.